The zero-order chi connectivity index (χ0) is 8.27. The van der Waals surface area contributed by atoms with Gasteiger partial charge in [-0.05, 0) is 24.1 Å². The fraction of sp³-hybridized carbons (Fsp3) is 0.250. The second-order valence-corrected chi connectivity index (χ2v) is 2.45. The van der Waals surface area contributed by atoms with E-state index in [-0.39, 0.29) is 0 Å². The van der Waals surface area contributed by atoms with Gasteiger partial charge in [0.15, 0.2) is 0 Å². The molecule has 1 aromatic rings. The van der Waals surface area contributed by atoms with Gasteiger partial charge in [0.2, 0.25) is 0 Å². The molecule has 3 nitrogen and oxygen atoms in total. The molecule has 3 heteroatoms. The molecule has 3 N–H and O–H groups in total. The van der Waals surface area contributed by atoms with Gasteiger partial charge < -0.3 is 5.73 Å². The predicted octanol–water partition coefficient (Wildman–Crippen LogP) is 2.12. The molecule has 0 bridgehead atoms. The van der Waals surface area contributed by atoms with Gasteiger partial charge in [0.1, 0.15) is 0 Å². The first kappa shape index (κ1) is 7.88. The highest BCUT2D eigenvalue weighted by Gasteiger charge is 1.97. The summed E-state index contributed by atoms with van der Waals surface area (Å²) in [5.74, 6) is 0. The van der Waals surface area contributed by atoms with Crippen molar-refractivity contribution in [3.63, 3.8) is 0 Å². The average molecular weight is 149 g/mol. The molecule has 1 rings (SSSR count). The summed E-state index contributed by atoms with van der Waals surface area (Å²) in [5.41, 5.74) is 15.0. The third kappa shape index (κ3) is 1.62. The number of hydrogen-bond donors (Lipinski definition) is 2. The van der Waals surface area contributed by atoms with Crippen molar-refractivity contribution >= 4 is 5.69 Å². The van der Waals surface area contributed by atoms with E-state index in [4.69, 9.17) is 11.3 Å². The smallest absolute Gasteiger partial charge is 0.0897 e. The van der Waals surface area contributed by atoms with E-state index in [1.54, 1.807) is 0 Å². The Kier molecular flexibility index (Phi) is 2.33. The SMILES string of the molecule is Cc1ccc(CN)c(N=N)c1. The molecule has 0 spiro atoms. The minimum atomic E-state index is 0.442. The third-order valence-electron chi connectivity index (χ3n) is 1.58. The number of nitrogens with one attached hydrogen (secondary N) is 1. The number of benzene rings is 1. The molecule has 0 heterocycles. The molecule has 0 aliphatic rings. The van der Waals surface area contributed by atoms with Crippen LogP contribution >= 0.6 is 0 Å². The summed E-state index contributed by atoms with van der Waals surface area (Å²) in [5, 5.41) is 3.37. The van der Waals surface area contributed by atoms with Gasteiger partial charge in [-0.2, -0.15) is 5.11 Å². The largest absolute Gasteiger partial charge is 0.326 e. The fourth-order valence-corrected chi connectivity index (χ4v) is 0.951. The van der Waals surface area contributed by atoms with Gasteiger partial charge >= 0.3 is 0 Å². The van der Waals surface area contributed by atoms with Crippen LogP contribution in [0, 0.1) is 12.5 Å². The summed E-state index contributed by atoms with van der Waals surface area (Å²) < 4.78 is 0. The second kappa shape index (κ2) is 3.25. The minimum absolute atomic E-state index is 0.442. The first-order chi connectivity index (χ1) is 5.27. The number of hydrogen-bond acceptors (Lipinski definition) is 3. The van der Waals surface area contributed by atoms with Crippen molar-refractivity contribution in [1.29, 1.82) is 5.53 Å². The molecule has 0 aromatic heterocycles. The molecule has 0 aliphatic heterocycles. The van der Waals surface area contributed by atoms with Crippen LogP contribution in [0.4, 0.5) is 5.69 Å². The second-order valence-electron chi connectivity index (χ2n) is 2.45. The van der Waals surface area contributed by atoms with Crippen molar-refractivity contribution in [2.75, 3.05) is 0 Å². The number of aryl methyl sites for hydroxylation is 1. The lowest BCUT2D eigenvalue weighted by atomic mass is 10.1. The van der Waals surface area contributed by atoms with Crippen molar-refractivity contribution in [2.45, 2.75) is 13.5 Å². The highest BCUT2D eigenvalue weighted by atomic mass is 15.0. The molecule has 0 saturated carbocycles. The molecule has 0 unspecified atom stereocenters. The van der Waals surface area contributed by atoms with E-state index in [2.05, 4.69) is 5.11 Å². The van der Waals surface area contributed by atoms with Crippen LogP contribution in [0.3, 0.4) is 0 Å². The minimum Gasteiger partial charge on any atom is -0.326 e. The van der Waals surface area contributed by atoms with Gasteiger partial charge in [-0.1, -0.05) is 12.1 Å². The maximum absolute atomic E-state index is 6.85. The van der Waals surface area contributed by atoms with E-state index in [0.717, 1.165) is 11.1 Å². The number of rotatable bonds is 2. The van der Waals surface area contributed by atoms with Gasteiger partial charge in [0.05, 0.1) is 5.69 Å². The molecule has 58 valence electrons. The van der Waals surface area contributed by atoms with Crippen LogP contribution < -0.4 is 5.73 Å². The molecule has 0 amide bonds. The van der Waals surface area contributed by atoms with Crippen LogP contribution in [0.5, 0.6) is 0 Å². The summed E-state index contributed by atoms with van der Waals surface area (Å²) in [6.07, 6.45) is 0. The summed E-state index contributed by atoms with van der Waals surface area (Å²) in [7, 11) is 0. The van der Waals surface area contributed by atoms with E-state index in [1.807, 2.05) is 25.1 Å². The van der Waals surface area contributed by atoms with Crippen molar-refractivity contribution in [1.82, 2.24) is 0 Å². The Morgan fingerprint density at radius 2 is 2.27 bits per heavy atom. The summed E-state index contributed by atoms with van der Waals surface area (Å²) in [4.78, 5) is 0. The van der Waals surface area contributed by atoms with Crippen LogP contribution in [0.15, 0.2) is 23.3 Å². The molecule has 0 fully saturated rings. The van der Waals surface area contributed by atoms with Gasteiger partial charge in [0, 0.05) is 6.54 Å². The van der Waals surface area contributed by atoms with Gasteiger partial charge in [-0.3, -0.25) is 0 Å². The van der Waals surface area contributed by atoms with E-state index in [0.29, 0.717) is 12.2 Å². The fourth-order valence-electron chi connectivity index (χ4n) is 0.951. The number of nitrogens with zero attached hydrogens (tertiary/aromatic N) is 1. The standard InChI is InChI=1S/C8H11N3/c1-6-2-3-7(5-9)8(4-6)11-10/h2-4,10H,5,9H2,1H3. The lowest BCUT2D eigenvalue weighted by Gasteiger charge is -2.01. The summed E-state index contributed by atoms with van der Waals surface area (Å²) >= 11 is 0. The predicted molar refractivity (Wildman–Crippen MR) is 43.9 cm³/mol. The Morgan fingerprint density at radius 3 is 2.82 bits per heavy atom. The van der Waals surface area contributed by atoms with E-state index in [9.17, 15) is 0 Å². The van der Waals surface area contributed by atoms with Crippen LogP contribution in [0.25, 0.3) is 0 Å². The first-order valence-electron chi connectivity index (χ1n) is 3.45. The Hall–Kier alpha value is -1.22. The van der Waals surface area contributed by atoms with Crippen LogP contribution in [-0.4, -0.2) is 0 Å². The third-order valence-corrected chi connectivity index (χ3v) is 1.58. The quantitative estimate of drug-likeness (QED) is 0.621. The van der Waals surface area contributed by atoms with Gasteiger partial charge in [-0.15, -0.1) is 0 Å². The summed E-state index contributed by atoms with van der Waals surface area (Å²) in [6.45, 7) is 2.41. The highest BCUT2D eigenvalue weighted by molar-refractivity contribution is 5.47. The molecule has 0 atom stereocenters. The lowest BCUT2D eigenvalue weighted by molar-refractivity contribution is 1.03. The van der Waals surface area contributed by atoms with Crippen molar-refractivity contribution < 1.29 is 0 Å². The van der Waals surface area contributed by atoms with E-state index < -0.39 is 0 Å². The summed E-state index contributed by atoms with van der Waals surface area (Å²) in [6, 6.07) is 5.73. The number of nitrogens with two attached hydrogens (primary N) is 1. The van der Waals surface area contributed by atoms with Crippen molar-refractivity contribution in [3.8, 4) is 0 Å². The topological polar surface area (TPSA) is 62.2 Å². The normalized spacial score (nSPS) is 9.64. The van der Waals surface area contributed by atoms with E-state index in [1.165, 1.54) is 0 Å². The Bertz CT molecular complexity index is 268. The first-order valence-corrected chi connectivity index (χ1v) is 3.45. The average Bonchev–Trinajstić information content (AvgIpc) is 2.04. The van der Waals surface area contributed by atoms with Crippen LogP contribution in [0.2, 0.25) is 0 Å². The molecule has 11 heavy (non-hydrogen) atoms. The monoisotopic (exact) mass is 149 g/mol. The zero-order valence-electron chi connectivity index (χ0n) is 6.46. The van der Waals surface area contributed by atoms with E-state index >= 15 is 0 Å². The molecule has 0 aliphatic carbocycles. The molecule has 0 radical (unpaired) electrons. The van der Waals surface area contributed by atoms with Gasteiger partial charge in [0.25, 0.3) is 0 Å². The molecule has 1 aromatic carbocycles. The van der Waals surface area contributed by atoms with Crippen molar-refractivity contribution in [2.24, 2.45) is 10.8 Å². The highest BCUT2D eigenvalue weighted by Crippen LogP contribution is 2.19. The molecular formula is C8H11N3. The van der Waals surface area contributed by atoms with Crippen LogP contribution in [-0.2, 0) is 6.54 Å². The maximum atomic E-state index is 6.85. The van der Waals surface area contributed by atoms with Crippen LogP contribution in [0.1, 0.15) is 11.1 Å². The zero-order valence-corrected chi connectivity index (χ0v) is 6.46. The van der Waals surface area contributed by atoms with Crippen molar-refractivity contribution in [3.05, 3.63) is 29.3 Å². The Morgan fingerprint density at radius 1 is 1.55 bits per heavy atom. The molecule has 0 saturated heterocycles. The van der Waals surface area contributed by atoms with Gasteiger partial charge in [-0.25, -0.2) is 5.53 Å². The Labute approximate surface area is 65.7 Å². The maximum Gasteiger partial charge on any atom is 0.0897 e. The lowest BCUT2D eigenvalue weighted by Crippen LogP contribution is -1.96. The molecular weight excluding hydrogens is 138 g/mol. The Balaban J connectivity index is 3.16.